The number of amides is 1. The number of anilines is 1. The van der Waals surface area contributed by atoms with E-state index in [-0.39, 0.29) is 5.82 Å². The van der Waals surface area contributed by atoms with Gasteiger partial charge in [-0.15, -0.1) is 11.3 Å². The number of nitrogens with one attached hydrogen (secondary N) is 1. The number of rotatable bonds is 4. The topological polar surface area (TPSA) is 55.4 Å². The molecule has 1 N–H and O–H groups in total. The Hall–Kier alpha value is -2.73. The molecule has 0 unspecified atom stereocenters. The van der Waals surface area contributed by atoms with Gasteiger partial charge in [0.15, 0.2) is 6.61 Å². The van der Waals surface area contributed by atoms with Gasteiger partial charge < -0.3 is 10.1 Å². The van der Waals surface area contributed by atoms with Gasteiger partial charge in [0.1, 0.15) is 10.7 Å². The Labute approximate surface area is 154 Å². The van der Waals surface area contributed by atoms with Gasteiger partial charge in [0.2, 0.25) is 0 Å². The predicted octanol–water partition coefficient (Wildman–Crippen LogP) is 4.76. The normalized spacial score (nSPS) is 10.8. The van der Waals surface area contributed by atoms with Crippen molar-refractivity contribution >= 4 is 39.0 Å². The molecule has 4 nitrogen and oxygen atoms in total. The van der Waals surface area contributed by atoms with Crippen molar-refractivity contribution in [2.45, 2.75) is 20.8 Å². The summed E-state index contributed by atoms with van der Waals surface area (Å²) < 4.78 is 19.7. The highest BCUT2D eigenvalue weighted by Gasteiger charge is 2.20. The van der Waals surface area contributed by atoms with Crippen molar-refractivity contribution in [2.24, 2.45) is 0 Å². The number of ether oxygens (including phenoxy) is 1. The maximum absolute atomic E-state index is 13.9. The highest BCUT2D eigenvalue weighted by Crippen LogP contribution is 2.33. The van der Waals surface area contributed by atoms with Gasteiger partial charge in [-0.3, -0.25) is 4.79 Å². The van der Waals surface area contributed by atoms with Crippen molar-refractivity contribution in [3.63, 3.8) is 0 Å². The predicted molar refractivity (Wildman–Crippen MR) is 101 cm³/mol. The number of benzene rings is 2. The van der Waals surface area contributed by atoms with Crippen LogP contribution in [0, 0.1) is 26.6 Å². The summed E-state index contributed by atoms with van der Waals surface area (Å²) in [6.45, 7) is 5.14. The summed E-state index contributed by atoms with van der Waals surface area (Å²) in [7, 11) is 0. The molecule has 0 aliphatic rings. The smallest absolute Gasteiger partial charge is 0.349 e. The Morgan fingerprint density at radius 3 is 2.62 bits per heavy atom. The second-order valence-electron chi connectivity index (χ2n) is 6.11. The number of aryl methyl sites for hydroxylation is 3. The van der Waals surface area contributed by atoms with E-state index < -0.39 is 18.5 Å². The number of esters is 1. The van der Waals surface area contributed by atoms with Crippen molar-refractivity contribution in [1.29, 1.82) is 0 Å². The zero-order chi connectivity index (χ0) is 18.8. The van der Waals surface area contributed by atoms with Crippen LogP contribution in [0.4, 0.5) is 10.1 Å². The van der Waals surface area contributed by atoms with Crippen LogP contribution in [0.5, 0.6) is 0 Å². The quantitative estimate of drug-likeness (QED) is 0.673. The van der Waals surface area contributed by atoms with E-state index in [4.69, 9.17) is 4.74 Å². The van der Waals surface area contributed by atoms with E-state index in [9.17, 15) is 14.0 Å². The molecule has 26 heavy (non-hydrogen) atoms. The minimum absolute atomic E-state index is 0.310. The molecule has 1 aromatic heterocycles. The summed E-state index contributed by atoms with van der Waals surface area (Å²) in [4.78, 5) is 24.7. The first-order valence-corrected chi connectivity index (χ1v) is 8.90. The Balaban J connectivity index is 1.68. The molecule has 1 amide bonds. The fraction of sp³-hybridized carbons (Fsp3) is 0.200. The number of carbonyl (C=O) groups excluding carboxylic acids is 2. The van der Waals surface area contributed by atoms with Crippen molar-refractivity contribution < 1.29 is 18.7 Å². The number of carbonyl (C=O) groups is 2. The first-order valence-electron chi connectivity index (χ1n) is 8.08. The van der Waals surface area contributed by atoms with Crippen molar-refractivity contribution in [1.82, 2.24) is 0 Å². The minimum atomic E-state index is -0.626. The van der Waals surface area contributed by atoms with E-state index in [1.165, 1.54) is 6.07 Å². The van der Waals surface area contributed by atoms with Gasteiger partial charge in [0.05, 0.1) is 0 Å². The van der Waals surface area contributed by atoms with Gasteiger partial charge in [0, 0.05) is 15.8 Å². The number of hydrogen-bond acceptors (Lipinski definition) is 4. The Kier molecular flexibility index (Phi) is 5.04. The second-order valence-corrected chi connectivity index (χ2v) is 7.16. The fourth-order valence-electron chi connectivity index (χ4n) is 2.78. The van der Waals surface area contributed by atoms with E-state index in [0.29, 0.717) is 26.2 Å². The summed E-state index contributed by atoms with van der Waals surface area (Å²) in [5.41, 5.74) is 3.24. The third-order valence-corrected chi connectivity index (χ3v) is 5.32. The number of thiophene rings is 1. The molecule has 2 aromatic carbocycles. The summed E-state index contributed by atoms with van der Waals surface area (Å²) >= 11 is 1.16. The molecule has 3 aromatic rings. The van der Waals surface area contributed by atoms with E-state index in [1.807, 2.05) is 32.0 Å². The highest BCUT2D eigenvalue weighted by atomic mass is 32.1. The highest BCUT2D eigenvalue weighted by molar-refractivity contribution is 7.21. The molecule has 0 radical (unpaired) electrons. The van der Waals surface area contributed by atoms with Crippen LogP contribution in [0.2, 0.25) is 0 Å². The molecule has 3 rings (SSSR count). The molecule has 0 bridgehead atoms. The lowest BCUT2D eigenvalue weighted by Gasteiger charge is -2.09. The molecular formula is C20H18FNO3S. The van der Waals surface area contributed by atoms with Gasteiger partial charge >= 0.3 is 5.97 Å². The molecule has 0 aliphatic heterocycles. The van der Waals surface area contributed by atoms with E-state index >= 15 is 0 Å². The summed E-state index contributed by atoms with van der Waals surface area (Å²) in [5.74, 6) is -1.42. The molecule has 0 aliphatic carbocycles. The lowest BCUT2D eigenvalue weighted by molar-refractivity contribution is -0.119. The summed E-state index contributed by atoms with van der Waals surface area (Å²) in [6, 6.07) is 10.4. The van der Waals surface area contributed by atoms with Crippen LogP contribution in [0.1, 0.15) is 26.4 Å². The largest absolute Gasteiger partial charge is 0.451 e. The van der Waals surface area contributed by atoms with Gasteiger partial charge in [0.25, 0.3) is 5.91 Å². The fourth-order valence-corrected chi connectivity index (χ4v) is 3.90. The maximum Gasteiger partial charge on any atom is 0.349 e. The molecule has 6 heteroatoms. The molecule has 0 atom stereocenters. The molecular weight excluding hydrogens is 353 g/mol. The number of hydrogen-bond donors (Lipinski definition) is 1. The van der Waals surface area contributed by atoms with Crippen molar-refractivity contribution in [3.8, 4) is 0 Å². The van der Waals surface area contributed by atoms with Crippen LogP contribution in [0.15, 0.2) is 36.4 Å². The van der Waals surface area contributed by atoms with Crippen LogP contribution in [-0.2, 0) is 9.53 Å². The molecule has 134 valence electrons. The number of fused-ring (bicyclic) bond motifs is 1. The van der Waals surface area contributed by atoms with E-state index in [1.54, 1.807) is 19.1 Å². The molecule has 0 spiro atoms. The average Bonchev–Trinajstić information content (AvgIpc) is 2.93. The molecule has 1 heterocycles. The van der Waals surface area contributed by atoms with Crippen molar-refractivity contribution in [3.05, 3.63) is 63.8 Å². The van der Waals surface area contributed by atoms with Gasteiger partial charge in [-0.25, -0.2) is 9.18 Å². The van der Waals surface area contributed by atoms with Crippen LogP contribution >= 0.6 is 11.3 Å². The average molecular weight is 371 g/mol. The third-order valence-electron chi connectivity index (χ3n) is 4.08. The zero-order valence-electron chi connectivity index (χ0n) is 14.7. The molecule has 0 saturated carbocycles. The monoisotopic (exact) mass is 371 g/mol. The second kappa shape index (κ2) is 7.25. The Bertz CT molecular complexity index is 1010. The first-order chi connectivity index (χ1) is 12.4. The lowest BCUT2D eigenvalue weighted by atomic mass is 10.1. The van der Waals surface area contributed by atoms with Crippen LogP contribution in [0.3, 0.4) is 0 Å². The van der Waals surface area contributed by atoms with E-state index in [0.717, 1.165) is 22.5 Å². The summed E-state index contributed by atoms with van der Waals surface area (Å²) in [5, 5.41) is 3.14. The first kappa shape index (κ1) is 18.1. The standard InChI is InChI=1S/C20H18FNO3S/c1-11-7-8-15(12(2)9-11)22-17(23)10-25-20(24)19-13(3)18-14(21)5-4-6-16(18)26-19/h4-9H,10H2,1-3H3,(H,22,23). The third kappa shape index (κ3) is 3.60. The minimum Gasteiger partial charge on any atom is -0.451 e. The SMILES string of the molecule is Cc1ccc(NC(=O)COC(=O)c2sc3cccc(F)c3c2C)c(C)c1. The van der Waals surface area contributed by atoms with Crippen LogP contribution in [0.25, 0.3) is 10.1 Å². The Morgan fingerprint density at radius 1 is 1.15 bits per heavy atom. The molecule has 0 saturated heterocycles. The maximum atomic E-state index is 13.9. The lowest BCUT2D eigenvalue weighted by Crippen LogP contribution is -2.21. The molecule has 0 fully saturated rings. The van der Waals surface area contributed by atoms with Crippen molar-refractivity contribution in [2.75, 3.05) is 11.9 Å². The van der Waals surface area contributed by atoms with Crippen LogP contribution in [-0.4, -0.2) is 18.5 Å². The summed E-state index contributed by atoms with van der Waals surface area (Å²) in [6.07, 6.45) is 0. The van der Waals surface area contributed by atoms with Gasteiger partial charge in [-0.2, -0.15) is 0 Å². The van der Waals surface area contributed by atoms with Gasteiger partial charge in [-0.1, -0.05) is 23.8 Å². The van der Waals surface area contributed by atoms with Gasteiger partial charge in [-0.05, 0) is 50.1 Å². The Morgan fingerprint density at radius 2 is 1.92 bits per heavy atom. The number of halogens is 1. The van der Waals surface area contributed by atoms with E-state index in [2.05, 4.69) is 5.32 Å². The van der Waals surface area contributed by atoms with Crippen LogP contribution < -0.4 is 5.32 Å². The zero-order valence-corrected chi connectivity index (χ0v) is 15.5.